The van der Waals surface area contributed by atoms with E-state index in [0.717, 1.165) is 11.0 Å². The molecule has 2 unspecified atom stereocenters. The molecule has 3 fully saturated rings. The number of rotatable bonds is 13. The van der Waals surface area contributed by atoms with Crippen molar-refractivity contribution in [2.24, 2.45) is 11.8 Å². The number of ether oxygens (including phenoxy) is 1. The highest BCUT2D eigenvalue weighted by Gasteiger charge is 2.77. The number of carbonyl (C=O) groups excluding carboxylic acids is 3. The summed E-state index contributed by atoms with van der Waals surface area (Å²) in [7, 11) is 0. The summed E-state index contributed by atoms with van der Waals surface area (Å²) in [6.45, 7) is 10.5. The lowest BCUT2D eigenvalue weighted by Gasteiger charge is -2.37. The van der Waals surface area contributed by atoms with Gasteiger partial charge in [-0.2, -0.15) is 0 Å². The highest BCUT2D eigenvalue weighted by molar-refractivity contribution is 8.02. The van der Waals surface area contributed by atoms with Crippen molar-refractivity contribution in [3.05, 3.63) is 49.6 Å². The molecule has 3 aliphatic rings. The Morgan fingerprint density at radius 1 is 1.25 bits per heavy atom. The number of esters is 1. The second-order valence-electron chi connectivity index (χ2n) is 11.0. The summed E-state index contributed by atoms with van der Waals surface area (Å²) in [6, 6.07) is 6.79. The SMILES string of the molecule is C=CCCOC(=O)[C@@H]1[C@H]2C(=O)N(CCCCO)C(C(=O)N(CC=C)Cn3nnc4ccccc43)C23CC[C@@]1(C)S3. The van der Waals surface area contributed by atoms with Crippen molar-refractivity contribution in [3.8, 4) is 0 Å². The van der Waals surface area contributed by atoms with Gasteiger partial charge in [0.1, 0.15) is 18.2 Å². The Kier molecular flexibility index (Phi) is 8.05. The van der Waals surface area contributed by atoms with Gasteiger partial charge in [-0.05, 0) is 51.2 Å². The lowest BCUT2D eigenvalue weighted by Crippen LogP contribution is -2.55. The smallest absolute Gasteiger partial charge is 0.311 e. The van der Waals surface area contributed by atoms with E-state index in [1.807, 2.05) is 31.2 Å². The summed E-state index contributed by atoms with van der Waals surface area (Å²) in [5, 5.41) is 17.9. The summed E-state index contributed by atoms with van der Waals surface area (Å²) >= 11 is 1.62. The molecular weight excluding hydrogens is 530 g/mol. The van der Waals surface area contributed by atoms with Crippen LogP contribution in [-0.2, 0) is 25.8 Å². The van der Waals surface area contributed by atoms with Gasteiger partial charge in [0.15, 0.2) is 0 Å². The number of hydrogen-bond donors (Lipinski definition) is 1. The lowest BCUT2D eigenvalue weighted by molar-refractivity contribution is -0.155. The summed E-state index contributed by atoms with van der Waals surface area (Å²) in [5.74, 6) is -2.03. The molecule has 5 rings (SSSR count). The maximum atomic E-state index is 14.5. The first-order valence-corrected chi connectivity index (χ1v) is 14.7. The standard InChI is InChI=1S/C29H37N5O5S/c1-4-6-18-39-27(38)23-22-25(36)33(16-9-10-17-35)24(29(22)14-13-28(23,3)40-29)26(37)32(15-5-2)19-34-21-12-8-7-11-20(21)30-31-34/h4-5,7-8,11-12,22-24,35H,1-2,6,9-10,13-19H2,3H3/t22-,23-,24?,28+,29?/m0/s1. The summed E-state index contributed by atoms with van der Waals surface area (Å²) in [6.07, 6.45) is 6.33. The molecule has 3 saturated heterocycles. The minimum atomic E-state index is -0.753. The van der Waals surface area contributed by atoms with Gasteiger partial charge in [-0.1, -0.05) is 29.5 Å². The first-order valence-electron chi connectivity index (χ1n) is 13.9. The highest BCUT2D eigenvalue weighted by Crippen LogP contribution is 2.71. The monoisotopic (exact) mass is 567 g/mol. The molecule has 11 heteroatoms. The number of para-hydroxylation sites is 1. The van der Waals surface area contributed by atoms with Gasteiger partial charge < -0.3 is 19.6 Å². The quantitative estimate of drug-likeness (QED) is 0.223. The van der Waals surface area contributed by atoms with Crippen LogP contribution in [0.1, 0.15) is 39.0 Å². The van der Waals surface area contributed by atoms with Crippen LogP contribution in [0.2, 0.25) is 0 Å². The van der Waals surface area contributed by atoms with Crippen LogP contribution in [0.15, 0.2) is 49.6 Å². The minimum absolute atomic E-state index is 0.00223. The molecule has 3 aliphatic heterocycles. The topological polar surface area (TPSA) is 118 Å². The van der Waals surface area contributed by atoms with Crippen molar-refractivity contribution >= 4 is 40.6 Å². The van der Waals surface area contributed by atoms with Gasteiger partial charge in [0.2, 0.25) is 11.8 Å². The van der Waals surface area contributed by atoms with E-state index >= 15 is 0 Å². The molecule has 10 nitrogen and oxygen atoms in total. The van der Waals surface area contributed by atoms with Crippen molar-refractivity contribution in [1.29, 1.82) is 0 Å². The predicted molar refractivity (Wildman–Crippen MR) is 152 cm³/mol. The molecule has 2 bridgehead atoms. The van der Waals surface area contributed by atoms with Crippen LogP contribution in [0.5, 0.6) is 0 Å². The first-order chi connectivity index (χ1) is 19.3. The average molecular weight is 568 g/mol. The zero-order chi connectivity index (χ0) is 28.5. The Morgan fingerprint density at radius 2 is 2.05 bits per heavy atom. The molecule has 2 aromatic rings. The van der Waals surface area contributed by atoms with Crippen LogP contribution in [-0.4, -0.2) is 89.5 Å². The molecule has 1 N–H and O–H groups in total. The zero-order valence-corrected chi connectivity index (χ0v) is 23.7. The van der Waals surface area contributed by atoms with Crippen LogP contribution in [0.3, 0.4) is 0 Å². The van der Waals surface area contributed by atoms with Crippen molar-refractivity contribution < 1.29 is 24.2 Å². The van der Waals surface area contributed by atoms with Crippen LogP contribution in [0.25, 0.3) is 11.0 Å². The molecule has 2 amide bonds. The number of aliphatic hydroxyl groups is 1. The number of aromatic nitrogens is 3. The van der Waals surface area contributed by atoms with Crippen LogP contribution < -0.4 is 0 Å². The van der Waals surface area contributed by atoms with E-state index in [1.54, 1.807) is 38.4 Å². The zero-order valence-electron chi connectivity index (χ0n) is 22.9. The van der Waals surface area contributed by atoms with Crippen molar-refractivity contribution in [2.45, 2.75) is 61.2 Å². The van der Waals surface area contributed by atoms with E-state index in [-0.39, 0.29) is 44.2 Å². The fourth-order valence-electron chi connectivity index (χ4n) is 6.76. The third-order valence-corrected chi connectivity index (χ3v) is 10.5. The first kappa shape index (κ1) is 28.4. The molecule has 1 aromatic carbocycles. The number of fused-ring (bicyclic) bond motifs is 2. The van der Waals surface area contributed by atoms with Crippen LogP contribution >= 0.6 is 11.8 Å². The van der Waals surface area contributed by atoms with Gasteiger partial charge in [-0.3, -0.25) is 14.4 Å². The van der Waals surface area contributed by atoms with E-state index < -0.39 is 27.4 Å². The van der Waals surface area contributed by atoms with Crippen molar-refractivity contribution in [1.82, 2.24) is 24.8 Å². The Bertz CT molecular complexity index is 1310. The fraction of sp³-hybridized carbons (Fsp3) is 0.552. The second-order valence-corrected chi connectivity index (χ2v) is 12.9. The number of aliphatic hydroxyl groups excluding tert-OH is 1. The van der Waals surface area contributed by atoms with Gasteiger partial charge in [-0.15, -0.1) is 30.0 Å². The Hall–Kier alpha value is -3.18. The molecular formula is C29H37N5O5S. The number of amides is 2. The molecule has 5 atom stereocenters. The number of hydrogen-bond acceptors (Lipinski definition) is 8. The second kappa shape index (κ2) is 11.4. The maximum Gasteiger partial charge on any atom is 0.311 e. The molecule has 0 saturated carbocycles. The summed E-state index contributed by atoms with van der Waals surface area (Å²) in [5.41, 5.74) is 1.53. The number of likely N-dealkylation sites (tertiary alicyclic amines) is 1. The lowest BCUT2D eigenvalue weighted by atomic mass is 9.66. The molecule has 0 aliphatic carbocycles. The molecule has 40 heavy (non-hydrogen) atoms. The molecule has 214 valence electrons. The van der Waals surface area contributed by atoms with Crippen molar-refractivity contribution in [2.75, 3.05) is 26.3 Å². The number of unbranched alkanes of at least 4 members (excludes halogenated alkanes) is 1. The van der Waals surface area contributed by atoms with Gasteiger partial charge in [0.25, 0.3) is 0 Å². The number of carbonyl (C=O) groups is 3. The van der Waals surface area contributed by atoms with Crippen LogP contribution in [0.4, 0.5) is 0 Å². The summed E-state index contributed by atoms with van der Waals surface area (Å²) in [4.78, 5) is 45.4. The maximum absolute atomic E-state index is 14.5. The molecule has 0 radical (unpaired) electrons. The molecule has 1 spiro atoms. The van der Waals surface area contributed by atoms with E-state index in [4.69, 9.17) is 4.74 Å². The highest BCUT2D eigenvalue weighted by atomic mass is 32.2. The molecule has 1 aromatic heterocycles. The third-order valence-electron chi connectivity index (χ3n) is 8.52. The third kappa shape index (κ3) is 4.62. The normalized spacial score (nSPS) is 28.6. The van der Waals surface area contributed by atoms with E-state index in [2.05, 4.69) is 23.5 Å². The van der Waals surface area contributed by atoms with E-state index in [0.29, 0.717) is 38.6 Å². The van der Waals surface area contributed by atoms with Gasteiger partial charge in [0, 0.05) is 24.4 Å². The van der Waals surface area contributed by atoms with E-state index in [1.165, 1.54) is 0 Å². The minimum Gasteiger partial charge on any atom is -0.465 e. The van der Waals surface area contributed by atoms with Crippen molar-refractivity contribution in [3.63, 3.8) is 0 Å². The average Bonchev–Trinajstić information content (AvgIpc) is 3.64. The Labute approximate surface area is 238 Å². The number of benzene rings is 1. The summed E-state index contributed by atoms with van der Waals surface area (Å²) < 4.78 is 6.05. The van der Waals surface area contributed by atoms with Gasteiger partial charge >= 0.3 is 5.97 Å². The predicted octanol–water partition coefficient (Wildman–Crippen LogP) is 2.78. The Morgan fingerprint density at radius 3 is 2.80 bits per heavy atom. The number of nitrogens with zero attached hydrogens (tertiary/aromatic N) is 5. The number of thioether (sulfide) groups is 1. The van der Waals surface area contributed by atoms with E-state index in [9.17, 15) is 19.5 Å². The molecule has 4 heterocycles. The largest absolute Gasteiger partial charge is 0.465 e. The van der Waals surface area contributed by atoms with Gasteiger partial charge in [0.05, 0.1) is 28.7 Å². The Balaban J connectivity index is 1.50. The van der Waals surface area contributed by atoms with Crippen LogP contribution in [0, 0.1) is 11.8 Å². The van der Waals surface area contributed by atoms with Gasteiger partial charge in [-0.25, -0.2) is 4.68 Å². The fourth-order valence-corrected chi connectivity index (χ4v) is 9.10.